The van der Waals surface area contributed by atoms with E-state index in [1.165, 1.54) is 24.1 Å². The molecular weight excluding hydrogens is 519 g/mol. The summed E-state index contributed by atoms with van der Waals surface area (Å²) >= 11 is 0. The lowest BCUT2D eigenvalue weighted by molar-refractivity contribution is -0.119. The van der Waals surface area contributed by atoms with Crippen molar-refractivity contribution in [3.05, 3.63) is 82.9 Å². The van der Waals surface area contributed by atoms with Gasteiger partial charge in [0, 0.05) is 61.5 Å². The second-order valence-electron chi connectivity index (χ2n) is 11.6. The van der Waals surface area contributed by atoms with Crippen LogP contribution in [-0.2, 0) is 11.2 Å². The summed E-state index contributed by atoms with van der Waals surface area (Å²) in [4.78, 5) is 33.9. The fourth-order valence-electron chi connectivity index (χ4n) is 6.41. The highest BCUT2D eigenvalue weighted by atomic mass is 19.1. The van der Waals surface area contributed by atoms with Gasteiger partial charge in [-0.2, -0.15) is 5.10 Å². The quantitative estimate of drug-likeness (QED) is 0.381. The average Bonchev–Trinajstić information content (AvgIpc) is 3.55. The number of aromatic nitrogens is 3. The molecule has 0 radical (unpaired) electrons. The molecule has 1 aliphatic carbocycles. The van der Waals surface area contributed by atoms with E-state index in [2.05, 4.69) is 29.3 Å². The molecule has 1 saturated carbocycles. The van der Waals surface area contributed by atoms with Gasteiger partial charge >= 0.3 is 0 Å². The number of benzene rings is 2. The number of anilines is 1. The molecular formula is C32H33FN6O2. The molecule has 9 heteroatoms. The van der Waals surface area contributed by atoms with E-state index >= 15 is 4.39 Å². The Labute approximate surface area is 238 Å². The lowest BCUT2D eigenvalue weighted by Crippen LogP contribution is -2.39. The first kappa shape index (κ1) is 25.7. The minimum atomic E-state index is -0.362. The van der Waals surface area contributed by atoms with Crippen LogP contribution in [0, 0.1) is 5.82 Å². The number of hydrogen-bond acceptors (Lipinski definition) is 5. The molecule has 2 fully saturated rings. The highest BCUT2D eigenvalue weighted by Gasteiger charge is 2.33. The molecule has 3 aliphatic rings. The number of nitrogens with one attached hydrogen (secondary N) is 1. The Morgan fingerprint density at radius 1 is 1.02 bits per heavy atom. The molecule has 0 bridgehead atoms. The molecule has 4 heterocycles. The lowest BCUT2D eigenvalue weighted by atomic mass is 9.93. The number of nitrogens with zero attached hydrogens (tertiary/aromatic N) is 5. The minimum absolute atomic E-state index is 0.0351. The molecule has 1 N–H and O–H groups in total. The number of hydrogen-bond donors (Lipinski definition) is 1. The summed E-state index contributed by atoms with van der Waals surface area (Å²) in [7, 11) is 0. The van der Waals surface area contributed by atoms with Crippen molar-refractivity contribution in [3.8, 4) is 11.3 Å². The summed E-state index contributed by atoms with van der Waals surface area (Å²) in [6.45, 7) is 5.64. The zero-order chi connectivity index (χ0) is 28.2. The van der Waals surface area contributed by atoms with Crippen molar-refractivity contribution in [1.29, 1.82) is 0 Å². The molecule has 2 amide bonds. The molecule has 0 spiro atoms. The van der Waals surface area contributed by atoms with E-state index < -0.39 is 0 Å². The predicted octanol–water partition coefficient (Wildman–Crippen LogP) is 4.89. The van der Waals surface area contributed by atoms with E-state index in [0.717, 1.165) is 43.6 Å². The Bertz CT molecular complexity index is 1680. The molecule has 0 unspecified atom stereocenters. The van der Waals surface area contributed by atoms with Gasteiger partial charge < -0.3 is 15.1 Å². The first-order valence-corrected chi connectivity index (χ1v) is 14.5. The Balaban J connectivity index is 1.18. The number of rotatable bonds is 5. The zero-order valence-corrected chi connectivity index (χ0v) is 23.3. The van der Waals surface area contributed by atoms with Gasteiger partial charge in [0.25, 0.3) is 5.91 Å². The monoisotopic (exact) mass is 552 g/mol. The van der Waals surface area contributed by atoms with Crippen LogP contribution < -0.4 is 10.2 Å². The predicted molar refractivity (Wildman–Crippen MR) is 154 cm³/mol. The molecule has 2 aromatic carbocycles. The third-order valence-electron chi connectivity index (χ3n) is 8.71. The van der Waals surface area contributed by atoms with Gasteiger partial charge in [-0.1, -0.05) is 24.3 Å². The van der Waals surface area contributed by atoms with Gasteiger partial charge in [0.05, 0.1) is 11.7 Å². The highest BCUT2D eigenvalue weighted by Crippen LogP contribution is 2.41. The minimum Gasteiger partial charge on any atom is -0.369 e. The normalized spacial score (nSPS) is 20.4. The van der Waals surface area contributed by atoms with E-state index in [0.29, 0.717) is 41.6 Å². The van der Waals surface area contributed by atoms with Crippen molar-refractivity contribution in [2.75, 3.05) is 24.5 Å². The molecule has 4 aromatic rings. The number of carbonyl (C=O) groups is 2. The third kappa shape index (κ3) is 4.73. The summed E-state index contributed by atoms with van der Waals surface area (Å²) < 4.78 is 17.3. The van der Waals surface area contributed by atoms with Gasteiger partial charge in [-0.05, 0) is 68.0 Å². The number of amides is 2. The Morgan fingerprint density at radius 2 is 1.85 bits per heavy atom. The van der Waals surface area contributed by atoms with E-state index in [-0.39, 0.29) is 29.7 Å². The number of carbonyl (C=O) groups excluding carboxylic acids is 2. The van der Waals surface area contributed by atoms with Gasteiger partial charge in [-0.25, -0.2) is 13.9 Å². The standard InChI is InChI=1S/C32H33FN6O2/c1-19-25-6-4-3-5-21(25)11-14-38(19)32(41)29-16-30(22-7-8-22)39-31(35-29)17-28(36-39)26-10-9-24(15-27(26)33)37-13-12-23(18-37)34-20(2)40/h3-6,9-10,15-17,19,22-23H,7-8,11-14,18H2,1-2H3,(H,34,40)/t19-,23-/m1/s1. The van der Waals surface area contributed by atoms with Crippen LogP contribution in [0.25, 0.3) is 16.9 Å². The Kier molecular flexibility index (Phi) is 6.25. The lowest BCUT2D eigenvalue weighted by Gasteiger charge is -2.35. The molecule has 210 valence electrons. The average molecular weight is 553 g/mol. The van der Waals surface area contributed by atoms with Crippen LogP contribution in [0.4, 0.5) is 10.1 Å². The van der Waals surface area contributed by atoms with Gasteiger partial charge in [-0.15, -0.1) is 0 Å². The van der Waals surface area contributed by atoms with E-state index in [9.17, 15) is 9.59 Å². The van der Waals surface area contributed by atoms with Crippen molar-refractivity contribution < 1.29 is 14.0 Å². The summed E-state index contributed by atoms with van der Waals surface area (Å²) in [5.74, 6) is -0.180. The fourth-order valence-corrected chi connectivity index (χ4v) is 6.41. The molecule has 41 heavy (non-hydrogen) atoms. The first-order chi connectivity index (χ1) is 19.9. The molecule has 1 saturated heterocycles. The Hall–Kier alpha value is -4.27. The molecule has 2 atom stereocenters. The number of fused-ring (bicyclic) bond motifs is 2. The molecule has 7 rings (SSSR count). The Morgan fingerprint density at radius 3 is 2.63 bits per heavy atom. The summed E-state index contributed by atoms with van der Waals surface area (Å²) in [5, 5.41) is 7.71. The van der Waals surface area contributed by atoms with Gasteiger partial charge in [0.15, 0.2) is 5.65 Å². The zero-order valence-electron chi connectivity index (χ0n) is 23.3. The van der Waals surface area contributed by atoms with Crippen LogP contribution in [0.3, 0.4) is 0 Å². The van der Waals surface area contributed by atoms with Gasteiger partial charge in [0.2, 0.25) is 5.91 Å². The van der Waals surface area contributed by atoms with Crippen LogP contribution in [-0.4, -0.2) is 57.0 Å². The second kappa shape index (κ2) is 9.98. The van der Waals surface area contributed by atoms with E-state index in [4.69, 9.17) is 10.1 Å². The van der Waals surface area contributed by atoms with Crippen molar-refractivity contribution >= 4 is 23.1 Å². The maximum absolute atomic E-state index is 15.5. The molecule has 2 aliphatic heterocycles. The van der Waals surface area contributed by atoms with Gasteiger partial charge in [0.1, 0.15) is 11.5 Å². The maximum atomic E-state index is 15.5. The van der Waals surface area contributed by atoms with Crippen LogP contribution in [0.15, 0.2) is 54.6 Å². The smallest absolute Gasteiger partial charge is 0.273 e. The van der Waals surface area contributed by atoms with Crippen LogP contribution >= 0.6 is 0 Å². The van der Waals surface area contributed by atoms with E-state index in [1.807, 2.05) is 29.2 Å². The highest BCUT2D eigenvalue weighted by molar-refractivity contribution is 5.93. The largest absolute Gasteiger partial charge is 0.369 e. The fraction of sp³-hybridized carbons (Fsp3) is 0.375. The summed E-state index contributed by atoms with van der Waals surface area (Å²) in [5.41, 5.74) is 6.06. The number of halogens is 1. The first-order valence-electron chi connectivity index (χ1n) is 14.5. The maximum Gasteiger partial charge on any atom is 0.273 e. The second-order valence-corrected chi connectivity index (χ2v) is 11.6. The molecule has 2 aromatic heterocycles. The topological polar surface area (TPSA) is 82.8 Å². The van der Waals surface area contributed by atoms with Crippen LogP contribution in [0.2, 0.25) is 0 Å². The van der Waals surface area contributed by atoms with Crippen LogP contribution in [0.1, 0.15) is 72.4 Å². The third-order valence-corrected chi connectivity index (χ3v) is 8.71. The van der Waals surface area contributed by atoms with Gasteiger partial charge in [-0.3, -0.25) is 9.59 Å². The summed E-state index contributed by atoms with van der Waals surface area (Å²) in [6.07, 6.45) is 3.72. The SMILES string of the molecule is CC(=O)N[C@@H]1CCN(c2ccc(-c3cc4nc(C(=O)N5CCc6ccccc6[C@H]5C)cc(C5CC5)n4n3)c(F)c2)C1. The van der Waals surface area contributed by atoms with Crippen molar-refractivity contribution in [1.82, 2.24) is 24.8 Å². The molecule has 8 nitrogen and oxygen atoms in total. The van der Waals surface area contributed by atoms with Crippen molar-refractivity contribution in [3.63, 3.8) is 0 Å². The van der Waals surface area contributed by atoms with Crippen molar-refractivity contribution in [2.45, 2.75) is 57.5 Å². The van der Waals surface area contributed by atoms with Crippen LogP contribution in [0.5, 0.6) is 0 Å². The van der Waals surface area contributed by atoms with Crippen molar-refractivity contribution in [2.24, 2.45) is 0 Å². The summed E-state index contributed by atoms with van der Waals surface area (Å²) in [6, 6.07) is 17.2. The van der Waals surface area contributed by atoms with E-state index in [1.54, 1.807) is 16.6 Å².